The Kier molecular flexibility index (Phi) is 4.88. The topological polar surface area (TPSA) is 30.5 Å². The summed E-state index contributed by atoms with van der Waals surface area (Å²) in [5, 5.41) is 3.54. The van der Waals surface area contributed by atoms with E-state index in [9.17, 15) is 0 Å². The second-order valence-electron chi connectivity index (χ2n) is 4.61. The van der Waals surface area contributed by atoms with E-state index in [0.29, 0.717) is 0 Å². The number of benzene rings is 2. The van der Waals surface area contributed by atoms with Gasteiger partial charge >= 0.3 is 0 Å². The maximum absolute atomic E-state index is 5.19. The number of methoxy groups -OCH3 is 2. The molecule has 0 radical (unpaired) electrons. The summed E-state index contributed by atoms with van der Waals surface area (Å²) in [5.74, 6) is 1.75. The molecular weight excluding hydrogens is 250 g/mol. The summed E-state index contributed by atoms with van der Waals surface area (Å²) < 4.78 is 10.4. The molecule has 1 atom stereocenters. The van der Waals surface area contributed by atoms with Gasteiger partial charge in [0.1, 0.15) is 11.5 Å². The summed E-state index contributed by atoms with van der Waals surface area (Å²) in [5.41, 5.74) is 2.34. The molecule has 0 fully saturated rings. The molecule has 0 aromatic heterocycles. The van der Waals surface area contributed by atoms with Crippen molar-refractivity contribution in [2.75, 3.05) is 19.5 Å². The molecule has 0 bridgehead atoms. The quantitative estimate of drug-likeness (QED) is 0.851. The molecule has 0 heterocycles. The van der Waals surface area contributed by atoms with Gasteiger partial charge in [-0.25, -0.2) is 0 Å². The van der Waals surface area contributed by atoms with E-state index in [1.165, 1.54) is 5.56 Å². The minimum absolute atomic E-state index is 0.286. The van der Waals surface area contributed by atoms with Crippen LogP contribution in [0.4, 0.5) is 5.69 Å². The van der Waals surface area contributed by atoms with Crippen LogP contribution in [-0.2, 0) is 0 Å². The zero-order valence-corrected chi connectivity index (χ0v) is 12.2. The molecule has 106 valence electrons. The lowest BCUT2D eigenvalue weighted by Gasteiger charge is -2.19. The van der Waals surface area contributed by atoms with Crippen molar-refractivity contribution in [2.24, 2.45) is 0 Å². The SMILES string of the molecule is CCC(Nc1ccc(OC)cc1)c1ccc(OC)cc1. The highest BCUT2D eigenvalue weighted by Crippen LogP contribution is 2.25. The highest BCUT2D eigenvalue weighted by atomic mass is 16.5. The van der Waals surface area contributed by atoms with E-state index in [-0.39, 0.29) is 6.04 Å². The number of anilines is 1. The first kappa shape index (κ1) is 14.3. The van der Waals surface area contributed by atoms with Crippen molar-refractivity contribution in [3.8, 4) is 11.5 Å². The first-order chi connectivity index (χ1) is 9.76. The van der Waals surface area contributed by atoms with Crippen LogP contribution in [0.25, 0.3) is 0 Å². The average Bonchev–Trinajstić information content (AvgIpc) is 2.53. The smallest absolute Gasteiger partial charge is 0.119 e. The molecule has 1 unspecified atom stereocenters. The zero-order chi connectivity index (χ0) is 14.4. The zero-order valence-electron chi connectivity index (χ0n) is 12.2. The summed E-state index contributed by atoms with van der Waals surface area (Å²) in [6.45, 7) is 2.17. The Morgan fingerprint density at radius 2 is 1.35 bits per heavy atom. The Bertz CT molecular complexity index is 520. The van der Waals surface area contributed by atoms with E-state index in [1.54, 1.807) is 14.2 Å². The van der Waals surface area contributed by atoms with Crippen molar-refractivity contribution in [1.82, 2.24) is 0 Å². The van der Waals surface area contributed by atoms with E-state index in [4.69, 9.17) is 9.47 Å². The van der Waals surface area contributed by atoms with Gasteiger partial charge in [-0.05, 0) is 48.4 Å². The predicted molar refractivity (Wildman–Crippen MR) is 82.6 cm³/mol. The lowest BCUT2D eigenvalue weighted by atomic mass is 10.0. The fraction of sp³-hybridized carbons (Fsp3) is 0.294. The number of ether oxygens (including phenoxy) is 2. The Morgan fingerprint density at radius 1 is 0.850 bits per heavy atom. The van der Waals surface area contributed by atoms with Gasteiger partial charge in [0.05, 0.1) is 20.3 Å². The molecule has 0 aliphatic carbocycles. The maximum atomic E-state index is 5.19. The van der Waals surface area contributed by atoms with Crippen LogP contribution in [0.1, 0.15) is 24.9 Å². The van der Waals surface area contributed by atoms with Crippen molar-refractivity contribution in [3.05, 3.63) is 54.1 Å². The fourth-order valence-corrected chi connectivity index (χ4v) is 2.15. The first-order valence-electron chi connectivity index (χ1n) is 6.81. The van der Waals surface area contributed by atoms with E-state index < -0.39 is 0 Å². The highest BCUT2D eigenvalue weighted by Gasteiger charge is 2.09. The summed E-state index contributed by atoms with van der Waals surface area (Å²) in [6.07, 6.45) is 1.01. The molecule has 1 N–H and O–H groups in total. The average molecular weight is 271 g/mol. The van der Waals surface area contributed by atoms with Gasteiger partial charge < -0.3 is 14.8 Å². The summed E-state index contributed by atoms with van der Waals surface area (Å²) in [6, 6.07) is 16.5. The van der Waals surface area contributed by atoms with Gasteiger partial charge in [-0.3, -0.25) is 0 Å². The molecule has 0 saturated heterocycles. The monoisotopic (exact) mass is 271 g/mol. The third kappa shape index (κ3) is 3.44. The second-order valence-corrected chi connectivity index (χ2v) is 4.61. The van der Waals surface area contributed by atoms with Gasteiger partial charge in [-0.15, -0.1) is 0 Å². The summed E-state index contributed by atoms with van der Waals surface area (Å²) >= 11 is 0. The Hall–Kier alpha value is -2.16. The maximum Gasteiger partial charge on any atom is 0.119 e. The van der Waals surface area contributed by atoms with Crippen LogP contribution >= 0.6 is 0 Å². The third-order valence-corrected chi connectivity index (χ3v) is 3.36. The van der Waals surface area contributed by atoms with Gasteiger partial charge in [0, 0.05) is 5.69 Å². The number of hydrogen-bond acceptors (Lipinski definition) is 3. The molecule has 20 heavy (non-hydrogen) atoms. The normalized spacial score (nSPS) is 11.8. The standard InChI is InChI=1S/C17H21NO2/c1-4-17(13-5-9-15(19-2)10-6-13)18-14-7-11-16(20-3)12-8-14/h5-12,17-18H,4H2,1-3H3. The Balaban J connectivity index is 2.10. The van der Waals surface area contributed by atoms with Gasteiger partial charge in [-0.2, -0.15) is 0 Å². The molecule has 3 nitrogen and oxygen atoms in total. The Morgan fingerprint density at radius 3 is 1.80 bits per heavy atom. The van der Waals surface area contributed by atoms with E-state index in [1.807, 2.05) is 36.4 Å². The van der Waals surface area contributed by atoms with Gasteiger partial charge in [0.2, 0.25) is 0 Å². The largest absolute Gasteiger partial charge is 0.497 e. The van der Waals surface area contributed by atoms with Crippen molar-refractivity contribution in [3.63, 3.8) is 0 Å². The molecule has 0 amide bonds. The molecule has 0 saturated carbocycles. The fourth-order valence-electron chi connectivity index (χ4n) is 2.15. The lowest BCUT2D eigenvalue weighted by molar-refractivity contribution is 0.414. The van der Waals surface area contributed by atoms with Crippen molar-refractivity contribution in [2.45, 2.75) is 19.4 Å². The van der Waals surface area contributed by atoms with Gasteiger partial charge in [0.15, 0.2) is 0 Å². The Labute approximate surface area is 120 Å². The van der Waals surface area contributed by atoms with Gasteiger partial charge in [0.25, 0.3) is 0 Å². The van der Waals surface area contributed by atoms with E-state index >= 15 is 0 Å². The van der Waals surface area contributed by atoms with Crippen molar-refractivity contribution >= 4 is 5.69 Å². The molecular formula is C17H21NO2. The molecule has 2 aromatic rings. The van der Waals surface area contributed by atoms with Crippen LogP contribution in [0, 0.1) is 0 Å². The van der Waals surface area contributed by atoms with Crippen LogP contribution in [0.15, 0.2) is 48.5 Å². The first-order valence-corrected chi connectivity index (χ1v) is 6.81. The number of nitrogens with one attached hydrogen (secondary N) is 1. The second kappa shape index (κ2) is 6.85. The molecule has 3 heteroatoms. The minimum Gasteiger partial charge on any atom is -0.497 e. The third-order valence-electron chi connectivity index (χ3n) is 3.36. The number of hydrogen-bond donors (Lipinski definition) is 1. The van der Waals surface area contributed by atoms with Crippen molar-refractivity contribution < 1.29 is 9.47 Å². The van der Waals surface area contributed by atoms with E-state index in [0.717, 1.165) is 23.6 Å². The summed E-state index contributed by atoms with van der Waals surface area (Å²) in [7, 11) is 3.36. The van der Waals surface area contributed by atoms with Crippen molar-refractivity contribution in [1.29, 1.82) is 0 Å². The molecule has 2 aromatic carbocycles. The molecule has 0 aliphatic heterocycles. The predicted octanol–water partition coefficient (Wildman–Crippen LogP) is 4.27. The molecule has 2 rings (SSSR count). The van der Waals surface area contributed by atoms with Crippen LogP contribution in [0.5, 0.6) is 11.5 Å². The lowest BCUT2D eigenvalue weighted by Crippen LogP contribution is -2.09. The minimum atomic E-state index is 0.286. The van der Waals surface area contributed by atoms with Gasteiger partial charge in [-0.1, -0.05) is 19.1 Å². The van der Waals surface area contributed by atoms with Crippen LogP contribution in [-0.4, -0.2) is 14.2 Å². The summed E-state index contributed by atoms with van der Waals surface area (Å²) in [4.78, 5) is 0. The van der Waals surface area contributed by atoms with Crippen LogP contribution < -0.4 is 14.8 Å². The number of rotatable bonds is 6. The van der Waals surface area contributed by atoms with Crippen LogP contribution in [0.3, 0.4) is 0 Å². The van der Waals surface area contributed by atoms with Crippen LogP contribution in [0.2, 0.25) is 0 Å². The van der Waals surface area contributed by atoms with E-state index in [2.05, 4.69) is 24.4 Å². The molecule has 0 aliphatic rings. The molecule has 0 spiro atoms. The highest BCUT2D eigenvalue weighted by molar-refractivity contribution is 5.48.